The number of halogens is 2. The van der Waals surface area contributed by atoms with Gasteiger partial charge in [-0.25, -0.2) is 4.39 Å². The maximum Gasteiger partial charge on any atom is 0.141 e. The first-order valence-corrected chi connectivity index (χ1v) is 6.39. The lowest BCUT2D eigenvalue weighted by atomic mass is 10.0. The SMILES string of the molecule is CN1CCNCC1CCc1ccc(F)c(Cl)c1. The number of rotatable bonds is 3. The van der Waals surface area contributed by atoms with Crippen LogP contribution in [0.3, 0.4) is 0 Å². The zero-order valence-corrected chi connectivity index (χ0v) is 10.8. The van der Waals surface area contributed by atoms with E-state index in [0.29, 0.717) is 6.04 Å². The van der Waals surface area contributed by atoms with E-state index in [0.717, 1.165) is 38.0 Å². The van der Waals surface area contributed by atoms with Crippen molar-refractivity contribution in [3.05, 3.63) is 34.6 Å². The van der Waals surface area contributed by atoms with E-state index in [1.54, 1.807) is 6.07 Å². The summed E-state index contributed by atoms with van der Waals surface area (Å²) in [6.45, 7) is 3.19. The van der Waals surface area contributed by atoms with Gasteiger partial charge in [0.15, 0.2) is 0 Å². The minimum absolute atomic E-state index is 0.220. The molecule has 17 heavy (non-hydrogen) atoms. The summed E-state index contributed by atoms with van der Waals surface area (Å²) < 4.78 is 13.0. The first-order valence-electron chi connectivity index (χ1n) is 6.01. The number of likely N-dealkylation sites (N-methyl/N-ethyl adjacent to an activating group) is 1. The van der Waals surface area contributed by atoms with Gasteiger partial charge in [-0.15, -0.1) is 0 Å². The van der Waals surface area contributed by atoms with Gasteiger partial charge in [0.2, 0.25) is 0 Å². The second kappa shape index (κ2) is 5.80. The van der Waals surface area contributed by atoms with Crippen LogP contribution in [-0.4, -0.2) is 37.6 Å². The number of hydrogen-bond acceptors (Lipinski definition) is 2. The molecule has 1 fully saturated rings. The van der Waals surface area contributed by atoms with Gasteiger partial charge >= 0.3 is 0 Å². The molecule has 1 atom stereocenters. The number of piperazine rings is 1. The largest absolute Gasteiger partial charge is 0.314 e. The molecule has 0 aromatic heterocycles. The van der Waals surface area contributed by atoms with E-state index < -0.39 is 0 Å². The quantitative estimate of drug-likeness (QED) is 0.893. The molecule has 0 radical (unpaired) electrons. The Bertz CT molecular complexity index is 384. The molecule has 0 saturated carbocycles. The van der Waals surface area contributed by atoms with Crippen LogP contribution in [0.15, 0.2) is 18.2 Å². The van der Waals surface area contributed by atoms with Crippen molar-refractivity contribution in [1.82, 2.24) is 10.2 Å². The minimum Gasteiger partial charge on any atom is -0.314 e. The molecule has 2 rings (SSSR count). The lowest BCUT2D eigenvalue weighted by Gasteiger charge is -2.33. The monoisotopic (exact) mass is 256 g/mol. The van der Waals surface area contributed by atoms with Crippen molar-refractivity contribution < 1.29 is 4.39 Å². The minimum atomic E-state index is -0.341. The van der Waals surface area contributed by atoms with E-state index in [9.17, 15) is 4.39 Å². The molecular formula is C13H18ClFN2. The Morgan fingerprint density at radius 2 is 2.35 bits per heavy atom. The van der Waals surface area contributed by atoms with Crippen LogP contribution in [-0.2, 0) is 6.42 Å². The fourth-order valence-electron chi connectivity index (χ4n) is 2.21. The molecule has 2 nitrogen and oxygen atoms in total. The predicted octanol–water partition coefficient (Wildman–Crippen LogP) is 2.32. The molecule has 1 aliphatic heterocycles. The third kappa shape index (κ3) is 3.41. The standard InChI is InChI=1S/C13H18ClFN2/c1-17-7-6-16-9-11(17)4-2-10-3-5-13(15)12(14)8-10/h3,5,8,11,16H,2,4,6-7,9H2,1H3. The Hall–Kier alpha value is -0.640. The first kappa shape index (κ1) is 12.8. The molecule has 0 amide bonds. The van der Waals surface area contributed by atoms with E-state index in [1.165, 1.54) is 6.07 Å². The first-order chi connectivity index (χ1) is 8.16. The van der Waals surface area contributed by atoms with Crippen LogP contribution >= 0.6 is 11.6 Å². The van der Waals surface area contributed by atoms with E-state index >= 15 is 0 Å². The normalized spacial score (nSPS) is 21.7. The lowest BCUT2D eigenvalue weighted by Crippen LogP contribution is -2.49. The fourth-order valence-corrected chi connectivity index (χ4v) is 2.42. The molecule has 0 spiro atoms. The van der Waals surface area contributed by atoms with Crippen molar-refractivity contribution in [2.75, 3.05) is 26.7 Å². The topological polar surface area (TPSA) is 15.3 Å². The van der Waals surface area contributed by atoms with Crippen LogP contribution in [0, 0.1) is 5.82 Å². The smallest absolute Gasteiger partial charge is 0.141 e. The molecular weight excluding hydrogens is 239 g/mol. The number of nitrogens with one attached hydrogen (secondary N) is 1. The maximum atomic E-state index is 13.0. The van der Waals surface area contributed by atoms with Crippen molar-refractivity contribution in [2.45, 2.75) is 18.9 Å². The molecule has 1 aromatic rings. The van der Waals surface area contributed by atoms with Crippen LogP contribution in [0.1, 0.15) is 12.0 Å². The summed E-state index contributed by atoms with van der Waals surface area (Å²) in [6.07, 6.45) is 2.02. The van der Waals surface area contributed by atoms with Gasteiger partial charge in [-0.3, -0.25) is 0 Å². The van der Waals surface area contributed by atoms with Gasteiger partial charge < -0.3 is 10.2 Å². The fraction of sp³-hybridized carbons (Fsp3) is 0.538. The molecule has 4 heteroatoms. The molecule has 0 bridgehead atoms. The Morgan fingerprint density at radius 1 is 1.53 bits per heavy atom. The third-order valence-electron chi connectivity index (χ3n) is 3.39. The van der Waals surface area contributed by atoms with Gasteiger partial charge in [-0.2, -0.15) is 0 Å². The Balaban J connectivity index is 1.90. The van der Waals surface area contributed by atoms with Crippen LogP contribution in [0.4, 0.5) is 4.39 Å². The maximum absolute atomic E-state index is 13.0. The summed E-state index contributed by atoms with van der Waals surface area (Å²) >= 11 is 5.77. The zero-order valence-electron chi connectivity index (χ0n) is 10.0. The number of benzene rings is 1. The summed E-state index contributed by atoms with van der Waals surface area (Å²) in [5.74, 6) is -0.341. The second-order valence-electron chi connectivity index (χ2n) is 4.63. The summed E-state index contributed by atoms with van der Waals surface area (Å²) in [7, 11) is 2.16. The van der Waals surface area contributed by atoms with E-state index in [-0.39, 0.29) is 10.8 Å². The average Bonchev–Trinajstić information content (AvgIpc) is 2.32. The molecule has 1 unspecified atom stereocenters. The van der Waals surface area contributed by atoms with Crippen molar-refractivity contribution in [1.29, 1.82) is 0 Å². The highest BCUT2D eigenvalue weighted by molar-refractivity contribution is 6.30. The summed E-state index contributed by atoms with van der Waals surface area (Å²) in [4.78, 5) is 2.38. The van der Waals surface area contributed by atoms with Gasteiger partial charge in [0.05, 0.1) is 5.02 Å². The van der Waals surface area contributed by atoms with Gasteiger partial charge in [0.1, 0.15) is 5.82 Å². The highest BCUT2D eigenvalue weighted by Crippen LogP contribution is 2.18. The van der Waals surface area contributed by atoms with Gasteiger partial charge in [-0.05, 0) is 37.6 Å². The zero-order chi connectivity index (χ0) is 12.3. The van der Waals surface area contributed by atoms with Crippen molar-refractivity contribution >= 4 is 11.6 Å². The van der Waals surface area contributed by atoms with Crippen molar-refractivity contribution in [3.63, 3.8) is 0 Å². The highest BCUT2D eigenvalue weighted by atomic mass is 35.5. The average molecular weight is 257 g/mol. The van der Waals surface area contributed by atoms with E-state index in [1.807, 2.05) is 6.07 Å². The summed E-state index contributed by atoms with van der Waals surface area (Å²) in [6, 6.07) is 5.55. The number of hydrogen-bond donors (Lipinski definition) is 1. The Morgan fingerprint density at radius 3 is 3.06 bits per heavy atom. The molecule has 0 aliphatic carbocycles. The molecule has 1 heterocycles. The van der Waals surface area contributed by atoms with E-state index in [2.05, 4.69) is 17.3 Å². The summed E-state index contributed by atoms with van der Waals surface area (Å²) in [5.41, 5.74) is 1.11. The van der Waals surface area contributed by atoms with Crippen LogP contribution in [0.2, 0.25) is 5.02 Å². The number of aryl methyl sites for hydroxylation is 1. The van der Waals surface area contributed by atoms with Gasteiger partial charge in [-0.1, -0.05) is 17.7 Å². The third-order valence-corrected chi connectivity index (χ3v) is 3.68. The molecule has 1 aromatic carbocycles. The van der Waals surface area contributed by atoms with Crippen molar-refractivity contribution in [3.8, 4) is 0 Å². The van der Waals surface area contributed by atoms with E-state index in [4.69, 9.17) is 11.6 Å². The Kier molecular flexibility index (Phi) is 4.37. The van der Waals surface area contributed by atoms with Crippen molar-refractivity contribution in [2.24, 2.45) is 0 Å². The van der Waals surface area contributed by atoms with Crippen LogP contribution in [0.5, 0.6) is 0 Å². The molecule has 1 aliphatic rings. The second-order valence-corrected chi connectivity index (χ2v) is 5.03. The molecule has 1 N–H and O–H groups in total. The van der Waals surface area contributed by atoms with Crippen LogP contribution in [0.25, 0.3) is 0 Å². The summed E-state index contributed by atoms with van der Waals surface area (Å²) in [5, 5.41) is 3.61. The lowest BCUT2D eigenvalue weighted by molar-refractivity contribution is 0.191. The van der Waals surface area contributed by atoms with Gasteiger partial charge in [0.25, 0.3) is 0 Å². The molecule has 1 saturated heterocycles. The van der Waals surface area contributed by atoms with Crippen LogP contribution < -0.4 is 5.32 Å². The molecule has 94 valence electrons. The van der Waals surface area contributed by atoms with Gasteiger partial charge in [0, 0.05) is 25.7 Å². The highest BCUT2D eigenvalue weighted by Gasteiger charge is 2.17. The number of nitrogens with zero attached hydrogens (tertiary/aromatic N) is 1. The Labute approximate surface area is 107 Å². The predicted molar refractivity (Wildman–Crippen MR) is 69.0 cm³/mol.